The van der Waals surface area contributed by atoms with Crippen LogP contribution < -0.4 is 0 Å². The molecule has 5 heteroatoms. The van der Waals surface area contributed by atoms with E-state index in [9.17, 15) is 9.59 Å². The molecule has 0 radical (unpaired) electrons. The zero-order chi connectivity index (χ0) is 10.6. The lowest BCUT2D eigenvalue weighted by atomic mass is 10.2. The van der Waals surface area contributed by atoms with Crippen molar-refractivity contribution in [1.29, 1.82) is 5.26 Å². The molecule has 1 rings (SSSR count). The van der Waals surface area contributed by atoms with Crippen molar-refractivity contribution in [1.82, 2.24) is 4.90 Å². The van der Waals surface area contributed by atoms with E-state index in [4.69, 9.17) is 10.4 Å². The fourth-order valence-corrected chi connectivity index (χ4v) is 1.63. The quantitative estimate of drug-likeness (QED) is 0.706. The summed E-state index contributed by atoms with van der Waals surface area (Å²) in [6.07, 6.45) is 1.53. The number of carbonyl (C=O) groups excluding carboxylic acids is 1. The lowest BCUT2D eigenvalue weighted by Crippen LogP contribution is -2.40. The Morgan fingerprint density at radius 2 is 2.29 bits per heavy atom. The Bertz CT molecular complexity index is 282. The van der Waals surface area contributed by atoms with Gasteiger partial charge in [-0.25, -0.2) is 4.79 Å². The van der Waals surface area contributed by atoms with Crippen LogP contribution in [0.5, 0.6) is 0 Å². The molecule has 1 atom stereocenters. The fourth-order valence-electron chi connectivity index (χ4n) is 1.63. The molecule has 0 aliphatic carbocycles. The van der Waals surface area contributed by atoms with Gasteiger partial charge in [-0.15, -0.1) is 0 Å². The smallest absolute Gasteiger partial charge is 0.326 e. The third kappa shape index (κ3) is 2.22. The first-order valence-electron chi connectivity index (χ1n) is 4.56. The average molecular weight is 196 g/mol. The first-order valence-corrected chi connectivity index (χ1v) is 4.56. The molecule has 14 heavy (non-hydrogen) atoms. The predicted molar refractivity (Wildman–Crippen MR) is 47.2 cm³/mol. The van der Waals surface area contributed by atoms with E-state index in [0.717, 1.165) is 6.42 Å². The third-order valence-electron chi connectivity index (χ3n) is 2.31. The molecule has 0 aromatic rings. The number of carbonyl (C=O) groups is 2. The van der Waals surface area contributed by atoms with Crippen LogP contribution in [0.2, 0.25) is 0 Å². The van der Waals surface area contributed by atoms with Gasteiger partial charge in [0, 0.05) is 19.4 Å². The van der Waals surface area contributed by atoms with Crippen LogP contribution in [0.1, 0.15) is 25.7 Å². The van der Waals surface area contributed by atoms with Crippen molar-refractivity contribution >= 4 is 11.9 Å². The van der Waals surface area contributed by atoms with E-state index in [1.807, 2.05) is 6.07 Å². The summed E-state index contributed by atoms with van der Waals surface area (Å²) in [6.45, 7) is 0.501. The number of rotatable bonds is 3. The SMILES string of the molecule is N#CCCC(=O)N1CCCC1C(=O)O. The molecule has 1 amide bonds. The van der Waals surface area contributed by atoms with Crippen LogP contribution in [0.15, 0.2) is 0 Å². The Labute approximate surface area is 81.9 Å². The van der Waals surface area contributed by atoms with Crippen LogP contribution in [0, 0.1) is 11.3 Å². The van der Waals surface area contributed by atoms with Gasteiger partial charge < -0.3 is 10.0 Å². The van der Waals surface area contributed by atoms with Crippen LogP contribution in [0.4, 0.5) is 0 Å². The van der Waals surface area contributed by atoms with Crippen LogP contribution >= 0.6 is 0 Å². The Morgan fingerprint density at radius 3 is 2.86 bits per heavy atom. The summed E-state index contributed by atoms with van der Waals surface area (Å²) in [7, 11) is 0. The highest BCUT2D eigenvalue weighted by Gasteiger charge is 2.33. The van der Waals surface area contributed by atoms with Gasteiger partial charge in [0.2, 0.25) is 5.91 Å². The molecule has 1 unspecified atom stereocenters. The van der Waals surface area contributed by atoms with Crippen molar-refractivity contribution in [2.24, 2.45) is 0 Å². The first-order chi connectivity index (χ1) is 6.66. The van der Waals surface area contributed by atoms with E-state index in [2.05, 4.69) is 0 Å². The van der Waals surface area contributed by atoms with E-state index in [1.54, 1.807) is 0 Å². The molecule has 76 valence electrons. The topological polar surface area (TPSA) is 81.4 Å². The monoisotopic (exact) mass is 196 g/mol. The van der Waals surface area contributed by atoms with Crippen molar-refractivity contribution in [3.05, 3.63) is 0 Å². The number of hydrogen-bond acceptors (Lipinski definition) is 3. The van der Waals surface area contributed by atoms with E-state index in [1.165, 1.54) is 4.90 Å². The van der Waals surface area contributed by atoms with E-state index in [-0.39, 0.29) is 18.7 Å². The predicted octanol–water partition coefficient (Wildman–Crippen LogP) is 0.366. The maximum atomic E-state index is 11.4. The second-order valence-corrected chi connectivity index (χ2v) is 3.24. The molecule has 1 aliphatic heterocycles. The fraction of sp³-hybridized carbons (Fsp3) is 0.667. The maximum absolute atomic E-state index is 11.4. The lowest BCUT2D eigenvalue weighted by Gasteiger charge is -2.20. The molecule has 5 nitrogen and oxygen atoms in total. The summed E-state index contributed by atoms with van der Waals surface area (Å²) in [5.41, 5.74) is 0. The number of nitriles is 1. The minimum atomic E-state index is -0.951. The van der Waals surface area contributed by atoms with E-state index < -0.39 is 12.0 Å². The van der Waals surface area contributed by atoms with Crippen molar-refractivity contribution in [2.45, 2.75) is 31.7 Å². The average Bonchev–Trinajstić information content (AvgIpc) is 2.62. The summed E-state index contributed by atoms with van der Waals surface area (Å²) in [5.74, 6) is -1.18. The van der Waals surface area contributed by atoms with Gasteiger partial charge in [-0.1, -0.05) is 0 Å². The lowest BCUT2D eigenvalue weighted by molar-refractivity contribution is -0.148. The largest absolute Gasteiger partial charge is 0.480 e. The maximum Gasteiger partial charge on any atom is 0.326 e. The Kier molecular flexibility index (Phi) is 3.46. The summed E-state index contributed by atoms with van der Waals surface area (Å²) in [4.78, 5) is 23.5. The second-order valence-electron chi connectivity index (χ2n) is 3.24. The molecular weight excluding hydrogens is 184 g/mol. The van der Waals surface area contributed by atoms with Gasteiger partial charge >= 0.3 is 5.97 Å². The van der Waals surface area contributed by atoms with Crippen LogP contribution in [0.25, 0.3) is 0 Å². The van der Waals surface area contributed by atoms with Crippen LogP contribution in [-0.4, -0.2) is 34.5 Å². The van der Waals surface area contributed by atoms with Crippen molar-refractivity contribution in [3.63, 3.8) is 0 Å². The van der Waals surface area contributed by atoms with Gasteiger partial charge in [-0.3, -0.25) is 4.79 Å². The van der Waals surface area contributed by atoms with Gasteiger partial charge in [0.1, 0.15) is 6.04 Å². The molecule has 0 spiro atoms. The highest BCUT2D eigenvalue weighted by Crippen LogP contribution is 2.18. The Balaban J connectivity index is 2.54. The number of carboxylic acid groups (broad SMARTS) is 1. The zero-order valence-electron chi connectivity index (χ0n) is 7.77. The van der Waals surface area contributed by atoms with Crippen molar-refractivity contribution in [2.75, 3.05) is 6.54 Å². The molecule has 1 heterocycles. The molecular formula is C9H12N2O3. The van der Waals surface area contributed by atoms with E-state index >= 15 is 0 Å². The van der Waals surface area contributed by atoms with Gasteiger partial charge in [0.15, 0.2) is 0 Å². The Hall–Kier alpha value is -1.57. The third-order valence-corrected chi connectivity index (χ3v) is 2.31. The molecule has 1 aliphatic rings. The van der Waals surface area contributed by atoms with Gasteiger partial charge in [-0.05, 0) is 12.8 Å². The summed E-state index contributed by atoms with van der Waals surface area (Å²) >= 11 is 0. The number of hydrogen-bond donors (Lipinski definition) is 1. The standard InChI is InChI=1S/C9H12N2O3/c10-5-1-4-8(12)11-6-2-3-7(11)9(13)14/h7H,1-4,6H2,(H,13,14). The van der Waals surface area contributed by atoms with Gasteiger partial charge in [-0.2, -0.15) is 5.26 Å². The number of likely N-dealkylation sites (tertiary alicyclic amines) is 1. The summed E-state index contributed by atoms with van der Waals surface area (Å²) < 4.78 is 0. The normalized spacial score (nSPS) is 20.5. The Morgan fingerprint density at radius 1 is 1.57 bits per heavy atom. The summed E-state index contributed by atoms with van der Waals surface area (Å²) in [5, 5.41) is 17.1. The van der Waals surface area contributed by atoms with E-state index in [0.29, 0.717) is 13.0 Å². The molecule has 0 bridgehead atoms. The van der Waals surface area contributed by atoms with Crippen LogP contribution in [-0.2, 0) is 9.59 Å². The highest BCUT2D eigenvalue weighted by molar-refractivity contribution is 5.84. The number of carboxylic acids is 1. The minimum Gasteiger partial charge on any atom is -0.480 e. The molecule has 0 saturated carbocycles. The first kappa shape index (κ1) is 10.5. The molecule has 1 fully saturated rings. The molecule has 1 saturated heterocycles. The van der Waals surface area contributed by atoms with Crippen molar-refractivity contribution in [3.8, 4) is 6.07 Å². The van der Waals surface area contributed by atoms with Crippen molar-refractivity contribution < 1.29 is 14.7 Å². The summed E-state index contributed by atoms with van der Waals surface area (Å²) in [6, 6.07) is 1.19. The molecule has 0 aromatic heterocycles. The molecule has 0 aromatic carbocycles. The van der Waals surface area contributed by atoms with Crippen LogP contribution in [0.3, 0.4) is 0 Å². The minimum absolute atomic E-state index is 0.125. The number of amides is 1. The molecule has 1 N–H and O–H groups in total. The second kappa shape index (κ2) is 4.61. The highest BCUT2D eigenvalue weighted by atomic mass is 16.4. The van der Waals surface area contributed by atoms with Gasteiger partial charge in [0.05, 0.1) is 6.07 Å². The van der Waals surface area contributed by atoms with Gasteiger partial charge in [0.25, 0.3) is 0 Å². The number of nitrogens with zero attached hydrogens (tertiary/aromatic N) is 2. The zero-order valence-corrected chi connectivity index (χ0v) is 7.77. The number of aliphatic carboxylic acids is 1.